The molecule has 7 heteroatoms. The molecular weight excluding hydrogens is 448 g/mol. The molecule has 180 valence electrons. The molecule has 2 aliphatic heterocycles. The van der Waals surface area contributed by atoms with Crippen molar-refractivity contribution in [1.82, 2.24) is 9.88 Å². The van der Waals surface area contributed by atoms with Crippen molar-refractivity contribution < 1.29 is 17.9 Å². The molecule has 2 aliphatic rings. The van der Waals surface area contributed by atoms with Crippen molar-refractivity contribution in [3.8, 4) is 0 Å². The van der Waals surface area contributed by atoms with E-state index in [1.54, 1.807) is 45.0 Å². The van der Waals surface area contributed by atoms with Gasteiger partial charge in [0.05, 0.1) is 20.9 Å². The average Bonchev–Trinajstić information content (AvgIpc) is 3.25. The summed E-state index contributed by atoms with van der Waals surface area (Å²) in [6.45, 7) is 9.18. The number of ether oxygens (including phenoxy) is 1. The molecule has 6 nitrogen and oxygen atoms in total. The third kappa shape index (κ3) is 3.57. The molecule has 2 atom stereocenters. The van der Waals surface area contributed by atoms with Gasteiger partial charge in [0.2, 0.25) is 9.84 Å². The molecule has 0 saturated carbocycles. The molecule has 0 radical (unpaired) electrons. The van der Waals surface area contributed by atoms with E-state index in [0.717, 1.165) is 46.9 Å². The quantitative estimate of drug-likeness (QED) is 0.538. The van der Waals surface area contributed by atoms with Crippen LogP contribution in [0.5, 0.6) is 0 Å². The van der Waals surface area contributed by atoms with E-state index in [1.165, 1.54) is 5.69 Å². The number of carbonyl (C=O) groups excluding carboxylic acids is 1. The minimum atomic E-state index is -3.97. The van der Waals surface area contributed by atoms with Gasteiger partial charge in [-0.15, -0.1) is 0 Å². The highest BCUT2D eigenvalue weighted by atomic mass is 32.2. The van der Waals surface area contributed by atoms with Gasteiger partial charge >= 0.3 is 5.97 Å². The molecule has 0 spiro atoms. The normalized spacial score (nSPS) is 19.9. The van der Waals surface area contributed by atoms with Gasteiger partial charge in [0.25, 0.3) is 0 Å². The van der Waals surface area contributed by atoms with Crippen LogP contribution in [-0.2, 0) is 28.0 Å². The summed E-state index contributed by atoms with van der Waals surface area (Å²) in [4.78, 5) is 13.9. The second kappa shape index (κ2) is 7.68. The van der Waals surface area contributed by atoms with Gasteiger partial charge in [-0.2, -0.15) is 0 Å². The van der Waals surface area contributed by atoms with Crippen LogP contribution >= 0.6 is 0 Å². The van der Waals surface area contributed by atoms with Gasteiger partial charge in [0, 0.05) is 36.6 Å². The van der Waals surface area contributed by atoms with Crippen LogP contribution in [0, 0.1) is 13.8 Å². The number of fused-ring (bicyclic) bond motifs is 6. The first-order valence-electron chi connectivity index (χ1n) is 11.8. The van der Waals surface area contributed by atoms with Crippen LogP contribution in [0.1, 0.15) is 72.4 Å². The van der Waals surface area contributed by atoms with Crippen molar-refractivity contribution in [3.63, 3.8) is 0 Å². The number of nitrogens with one attached hydrogen (secondary N) is 1. The Kier molecular flexibility index (Phi) is 5.22. The number of aromatic nitrogens is 1. The summed E-state index contributed by atoms with van der Waals surface area (Å²) < 4.78 is 35.9. The Bertz CT molecular complexity index is 1440. The Morgan fingerprint density at radius 1 is 1.15 bits per heavy atom. The minimum Gasteiger partial charge on any atom is -0.456 e. The fourth-order valence-corrected chi connectivity index (χ4v) is 7.29. The smallest absolute Gasteiger partial charge is 0.340 e. The SMILES string of the molecule is Cc1cccc(S(=O)(=O)c2cc(C)c3c(c2C(=O)OC(C)(C)C)c2c(n3C)CC3CCC2N3)c1. The zero-order chi connectivity index (χ0) is 24.6. The lowest BCUT2D eigenvalue weighted by molar-refractivity contribution is 0.00675. The summed E-state index contributed by atoms with van der Waals surface area (Å²) in [5, 5.41) is 4.39. The molecule has 34 heavy (non-hydrogen) atoms. The second-order valence-corrected chi connectivity index (χ2v) is 12.6. The Hall–Kier alpha value is -2.64. The summed E-state index contributed by atoms with van der Waals surface area (Å²) in [5.41, 5.74) is 4.21. The maximum absolute atomic E-state index is 14.0. The summed E-state index contributed by atoms with van der Waals surface area (Å²) in [5.74, 6) is -0.600. The van der Waals surface area contributed by atoms with Crippen LogP contribution in [0.3, 0.4) is 0 Å². The predicted molar refractivity (Wildman–Crippen MR) is 132 cm³/mol. The number of hydrogen-bond donors (Lipinski definition) is 1. The fourth-order valence-electron chi connectivity index (χ4n) is 5.65. The van der Waals surface area contributed by atoms with Crippen molar-refractivity contribution in [3.05, 3.63) is 58.3 Å². The van der Waals surface area contributed by atoms with E-state index in [0.29, 0.717) is 6.04 Å². The van der Waals surface area contributed by atoms with Crippen LogP contribution in [-0.4, -0.2) is 30.6 Å². The van der Waals surface area contributed by atoms with E-state index in [1.807, 2.05) is 27.0 Å². The van der Waals surface area contributed by atoms with E-state index < -0.39 is 21.4 Å². The largest absolute Gasteiger partial charge is 0.456 e. The van der Waals surface area contributed by atoms with Crippen molar-refractivity contribution in [1.29, 1.82) is 0 Å². The summed E-state index contributed by atoms with van der Waals surface area (Å²) >= 11 is 0. The third-order valence-electron chi connectivity index (χ3n) is 7.00. The number of carbonyl (C=O) groups is 1. The molecule has 2 bridgehead atoms. The van der Waals surface area contributed by atoms with Crippen molar-refractivity contribution in [2.45, 2.75) is 81.4 Å². The highest BCUT2D eigenvalue weighted by Gasteiger charge is 2.40. The maximum atomic E-state index is 14.0. The van der Waals surface area contributed by atoms with Crippen LogP contribution in [0.4, 0.5) is 0 Å². The zero-order valence-corrected chi connectivity index (χ0v) is 21.5. The molecule has 1 N–H and O–H groups in total. The number of benzene rings is 2. The second-order valence-electron chi connectivity index (χ2n) is 10.7. The number of nitrogens with zero attached hydrogens (tertiary/aromatic N) is 1. The lowest BCUT2D eigenvalue weighted by Gasteiger charge is -2.24. The predicted octanol–water partition coefficient (Wildman–Crippen LogP) is 4.93. The van der Waals surface area contributed by atoms with Gasteiger partial charge in [-0.05, 0) is 82.3 Å². The molecule has 1 aromatic heterocycles. The standard InChI is InChI=1S/C27H32N2O4S/c1-15-8-7-9-18(12-15)34(31,32)21-13-16(2)25-24(23(21)26(30)33-27(3,4)5)22-19-11-10-17(28-19)14-20(22)29(25)6/h7-9,12-13,17,19,28H,10-11,14H2,1-6H3. The number of rotatable bonds is 3. The first-order chi connectivity index (χ1) is 15.9. The van der Waals surface area contributed by atoms with Gasteiger partial charge < -0.3 is 14.6 Å². The van der Waals surface area contributed by atoms with Gasteiger partial charge in [-0.3, -0.25) is 0 Å². The van der Waals surface area contributed by atoms with Crippen LogP contribution in [0.15, 0.2) is 40.1 Å². The van der Waals surface area contributed by atoms with E-state index in [2.05, 4.69) is 9.88 Å². The summed E-state index contributed by atoms with van der Waals surface area (Å²) in [6.07, 6.45) is 2.91. The van der Waals surface area contributed by atoms with Crippen LogP contribution in [0.25, 0.3) is 10.9 Å². The van der Waals surface area contributed by atoms with Gasteiger partial charge in [-0.1, -0.05) is 12.1 Å². The molecule has 0 aliphatic carbocycles. The van der Waals surface area contributed by atoms with E-state index >= 15 is 0 Å². The van der Waals surface area contributed by atoms with Gasteiger partial charge in [-0.25, -0.2) is 13.2 Å². The Morgan fingerprint density at radius 3 is 2.56 bits per heavy atom. The monoisotopic (exact) mass is 480 g/mol. The average molecular weight is 481 g/mol. The topological polar surface area (TPSA) is 77.4 Å². The number of aryl methyl sites for hydroxylation is 3. The number of sulfone groups is 1. The van der Waals surface area contributed by atoms with Crippen LogP contribution in [0.2, 0.25) is 0 Å². The van der Waals surface area contributed by atoms with Crippen LogP contribution < -0.4 is 5.32 Å². The van der Waals surface area contributed by atoms with E-state index in [9.17, 15) is 13.2 Å². The Labute approximate surface area is 201 Å². The first kappa shape index (κ1) is 23.1. The fraction of sp³-hybridized carbons (Fsp3) is 0.444. The lowest BCUT2D eigenvalue weighted by Crippen LogP contribution is -2.32. The van der Waals surface area contributed by atoms with Crippen molar-refractivity contribution >= 4 is 26.7 Å². The molecule has 1 saturated heterocycles. The van der Waals surface area contributed by atoms with E-state index in [-0.39, 0.29) is 21.4 Å². The van der Waals surface area contributed by atoms with E-state index in [4.69, 9.17) is 4.74 Å². The molecule has 3 aromatic rings. The molecular formula is C27H32N2O4S. The van der Waals surface area contributed by atoms with Gasteiger partial charge in [0.1, 0.15) is 5.60 Å². The molecule has 1 fully saturated rings. The number of hydrogen-bond acceptors (Lipinski definition) is 5. The molecule has 3 heterocycles. The van der Waals surface area contributed by atoms with Crippen molar-refractivity contribution in [2.24, 2.45) is 7.05 Å². The molecule has 5 rings (SSSR count). The van der Waals surface area contributed by atoms with Crippen molar-refractivity contribution in [2.75, 3.05) is 0 Å². The highest BCUT2D eigenvalue weighted by molar-refractivity contribution is 7.91. The Balaban J connectivity index is 1.88. The third-order valence-corrected chi connectivity index (χ3v) is 8.77. The molecule has 2 aromatic carbocycles. The highest BCUT2D eigenvalue weighted by Crippen LogP contribution is 2.45. The molecule has 2 unspecified atom stereocenters. The molecule has 0 amide bonds. The minimum absolute atomic E-state index is 0.0193. The first-order valence-corrected chi connectivity index (χ1v) is 13.3. The zero-order valence-electron chi connectivity index (χ0n) is 20.7. The van der Waals surface area contributed by atoms with Gasteiger partial charge in [0.15, 0.2) is 0 Å². The number of esters is 1. The Morgan fingerprint density at radius 2 is 1.88 bits per heavy atom. The summed E-state index contributed by atoms with van der Waals surface area (Å²) in [6, 6.07) is 9.00. The maximum Gasteiger partial charge on any atom is 0.340 e. The summed E-state index contributed by atoms with van der Waals surface area (Å²) in [7, 11) is -1.95. The lowest BCUT2D eigenvalue weighted by atomic mass is 9.95.